The molecule has 0 amide bonds. The fourth-order valence-corrected chi connectivity index (χ4v) is 1.80. The maximum atomic E-state index is 5.79. The van der Waals surface area contributed by atoms with E-state index in [-0.39, 0.29) is 6.10 Å². The predicted octanol–water partition coefficient (Wildman–Crippen LogP) is 5.83. The van der Waals surface area contributed by atoms with Gasteiger partial charge in [0.1, 0.15) is 0 Å². The Kier molecular flexibility index (Phi) is 14.6. The van der Waals surface area contributed by atoms with Crippen molar-refractivity contribution in [2.45, 2.75) is 71.3 Å². The van der Waals surface area contributed by atoms with E-state index in [0.717, 1.165) is 19.4 Å². The maximum Gasteiger partial charge on any atom is 0.0793 e. The molecule has 0 saturated heterocycles. The molecule has 0 aromatic rings. The van der Waals surface area contributed by atoms with E-state index in [1.54, 1.807) is 0 Å². The summed E-state index contributed by atoms with van der Waals surface area (Å²) in [5, 5.41) is 0. The highest BCUT2D eigenvalue weighted by Crippen LogP contribution is 2.05. The third-order valence-electron chi connectivity index (χ3n) is 3.03. The van der Waals surface area contributed by atoms with Crippen LogP contribution in [0.15, 0.2) is 37.0 Å². The van der Waals surface area contributed by atoms with Crippen molar-refractivity contribution >= 4 is 0 Å². The zero-order chi connectivity index (χ0) is 14.2. The SMILES string of the molecule is C=CC[C@@H](/C=C\C=C\CCCCCC)OCCCC. The minimum atomic E-state index is 0.189. The molecule has 0 aliphatic heterocycles. The molecule has 0 aromatic heterocycles. The van der Waals surface area contributed by atoms with E-state index in [2.05, 4.69) is 44.7 Å². The van der Waals surface area contributed by atoms with Crippen molar-refractivity contribution in [1.82, 2.24) is 0 Å². The molecule has 0 spiro atoms. The van der Waals surface area contributed by atoms with E-state index >= 15 is 0 Å². The fourth-order valence-electron chi connectivity index (χ4n) is 1.80. The first-order valence-corrected chi connectivity index (χ1v) is 7.90. The van der Waals surface area contributed by atoms with Gasteiger partial charge in [-0.2, -0.15) is 0 Å². The lowest BCUT2D eigenvalue weighted by molar-refractivity contribution is 0.0849. The van der Waals surface area contributed by atoms with Gasteiger partial charge in [0, 0.05) is 6.61 Å². The van der Waals surface area contributed by atoms with E-state index in [1.165, 1.54) is 38.5 Å². The van der Waals surface area contributed by atoms with Crippen molar-refractivity contribution in [3.63, 3.8) is 0 Å². The van der Waals surface area contributed by atoms with Crippen molar-refractivity contribution in [2.75, 3.05) is 6.61 Å². The molecule has 0 saturated carbocycles. The zero-order valence-electron chi connectivity index (χ0n) is 12.9. The summed E-state index contributed by atoms with van der Waals surface area (Å²) in [5.74, 6) is 0. The number of allylic oxidation sites excluding steroid dienone is 3. The molecule has 0 aliphatic rings. The number of hydrogen-bond acceptors (Lipinski definition) is 1. The normalized spacial score (nSPS) is 13.4. The van der Waals surface area contributed by atoms with Crippen LogP contribution in [0.25, 0.3) is 0 Å². The van der Waals surface area contributed by atoms with Gasteiger partial charge in [-0.3, -0.25) is 0 Å². The standard InChI is InChI=1S/C18H32O/c1-4-7-9-10-11-12-13-14-16-18(15-6-3)19-17-8-5-2/h6,12-14,16,18H,3-5,7-11,15,17H2,1-2H3/b13-12+,16-14-/t18-/m0/s1. The minimum Gasteiger partial charge on any atom is -0.374 e. The van der Waals surface area contributed by atoms with Gasteiger partial charge in [-0.05, 0) is 25.7 Å². The molecule has 0 aliphatic carbocycles. The summed E-state index contributed by atoms with van der Waals surface area (Å²) in [6.07, 6.45) is 20.5. The van der Waals surface area contributed by atoms with Crippen LogP contribution in [-0.2, 0) is 4.74 Å². The highest BCUT2D eigenvalue weighted by molar-refractivity contribution is 5.05. The monoisotopic (exact) mass is 264 g/mol. The molecule has 110 valence electrons. The maximum absolute atomic E-state index is 5.79. The van der Waals surface area contributed by atoms with Crippen LogP contribution >= 0.6 is 0 Å². The highest BCUT2D eigenvalue weighted by Gasteiger charge is 2.00. The summed E-state index contributed by atoms with van der Waals surface area (Å²) >= 11 is 0. The Morgan fingerprint density at radius 3 is 2.47 bits per heavy atom. The van der Waals surface area contributed by atoms with E-state index in [9.17, 15) is 0 Å². The van der Waals surface area contributed by atoms with Gasteiger partial charge < -0.3 is 4.74 Å². The highest BCUT2D eigenvalue weighted by atomic mass is 16.5. The summed E-state index contributed by atoms with van der Waals surface area (Å²) in [7, 11) is 0. The molecule has 0 unspecified atom stereocenters. The van der Waals surface area contributed by atoms with Crippen LogP contribution in [0.5, 0.6) is 0 Å². The van der Waals surface area contributed by atoms with Gasteiger partial charge in [-0.1, -0.05) is 69.9 Å². The second-order valence-electron chi connectivity index (χ2n) is 4.95. The smallest absolute Gasteiger partial charge is 0.0793 e. The first kappa shape index (κ1) is 18.2. The van der Waals surface area contributed by atoms with Crippen LogP contribution in [0.2, 0.25) is 0 Å². The Morgan fingerprint density at radius 1 is 1.00 bits per heavy atom. The van der Waals surface area contributed by atoms with Gasteiger partial charge in [-0.15, -0.1) is 6.58 Å². The molecule has 1 atom stereocenters. The Balaban J connectivity index is 3.76. The Bertz CT molecular complexity index is 240. The average Bonchev–Trinajstić information content (AvgIpc) is 2.42. The molecule has 1 nitrogen and oxygen atoms in total. The summed E-state index contributed by atoms with van der Waals surface area (Å²) in [6, 6.07) is 0. The first-order valence-electron chi connectivity index (χ1n) is 7.90. The number of rotatable bonds is 13. The number of hydrogen-bond donors (Lipinski definition) is 0. The van der Waals surface area contributed by atoms with Crippen molar-refractivity contribution in [3.05, 3.63) is 37.0 Å². The lowest BCUT2D eigenvalue weighted by atomic mass is 10.1. The summed E-state index contributed by atoms with van der Waals surface area (Å²) < 4.78 is 5.79. The van der Waals surface area contributed by atoms with Gasteiger partial charge in [0.05, 0.1) is 6.10 Å². The predicted molar refractivity (Wildman–Crippen MR) is 86.5 cm³/mol. The van der Waals surface area contributed by atoms with E-state index in [1.807, 2.05) is 6.08 Å². The molecule has 0 bridgehead atoms. The van der Waals surface area contributed by atoms with Gasteiger partial charge in [0.15, 0.2) is 0 Å². The van der Waals surface area contributed by atoms with Crippen LogP contribution in [0.4, 0.5) is 0 Å². The van der Waals surface area contributed by atoms with Crippen molar-refractivity contribution < 1.29 is 4.74 Å². The fraction of sp³-hybridized carbons (Fsp3) is 0.667. The van der Waals surface area contributed by atoms with E-state index in [0.29, 0.717) is 0 Å². The molecule has 0 radical (unpaired) electrons. The molecule has 19 heavy (non-hydrogen) atoms. The van der Waals surface area contributed by atoms with Crippen LogP contribution < -0.4 is 0 Å². The van der Waals surface area contributed by atoms with Crippen molar-refractivity contribution in [3.8, 4) is 0 Å². The molecule has 1 heteroatoms. The van der Waals surface area contributed by atoms with Crippen LogP contribution in [-0.4, -0.2) is 12.7 Å². The Hall–Kier alpha value is -0.820. The second kappa shape index (κ2) is 15.2. The molecule has 0 heterocycles. The molecule has 0 rings (SSSR count). The molecule has 0 aromatic carbocycles. The van der Waals surface area contributed by atoms with Gasteiger partial charge in [0.2, 0.25) is 0 Å². The third kappa shape index (κ3) is 13.4. The Labute approximate surface area is 120 Å². The van der Waals surface area contributed by atoms with E-state index < -0.39 is 0 Å². The number of unbranched alkanes of at least 4 members (excludes halogenated alkanes) is 5. The quantitative estimate of drug-likeness (QED) is 0.231. The zero-order valence-corrected chi connectivity index (χ0v) is 12.9. The molecule has 0 N–H and O–H groups in total. The van der Waals surface area contributed by atoms with Crippen LogP contribution in [0.3, 0.4) is 0 Å². The molecular weight excluding hydrogens is 232 g/mol. The summed E-state index contributed by atoms with van der Waals surface area (Å²) in [5.41, 5.74) is 0. The van der Waals surface area contributed by atoms with Crippen LogP contribution in [0.1, 0.15) is 65.2 Å². The van der Waals surface area contributed by atoms with E-state index in [4.69, 9.17) is 4.74 Å². The average molecular weight is 264 g/mol. The van der Waals surface area contributed by atoms with Crippen molar-refractivity contribution in [1.29, 1.82) is 0 Å². The van der Waals surface area contributed by atoms with Gasteiger partial charge in [0.25, 0.3) is 0 Å². The molecule has 0 fully saturated rings. The minimum absolute atomic E-state index is 0.189. The van der Waals surface area contributed by atoms with Crippen LogP contribution in [0, 0.1) is 0 Å². The summed E-state index contributed by atoms with van der Waals surface area (Å²) in [6.45, 7) is 9.06. The summed E-state index contributed by atoms with van der Waals surface area (Å²) in [4.78, 5) is 0. The molecular formula is C18H32O. The number of ether oxygens (including phenoxy) is 1. The largest absolute Gasteiger partial charge is 0.374 e. The van der Waals surface area contributed by atoms with Gasteiger partial charge in [-0.25, -0.2) is 0 Å². The third-order valence-corrected chi connectivity index (χ3v) is 3.03. The lowest BCUT2D eigenvalue weighted by Gasteiger charge is -2.11. The topological polar surface area (TPSA) is 9.23 Å². The van der Waals surface area contributed by atoms with Crippen molar-refractivity contribution in [2.24, 2.45) is 0 Å². The van der Waals surface area contributed by atoms with Gasteiger partial charge >= 0.3 is 0 Å². The lowest BCUT2D eigenvalue weighted by Crippen LogP contribution is -2.09. The Morgan fingerprint density at radius 2 is 1.79 bits per heavy atom. The second-order valence-corrected chi connectivity index (χ2v) is 4.95. The first-order chi connectivity index (χ1) is 9.35.